The molecule has 0 aliphatic carbocycles. The number of halogens is 4. The van der Waals surface area contributed by atoms with Crippen molar-refractivity contribution in [3.05, 3.63) is 52.3 Å². The van der Waals surface area contributed by atoms with Crippen LogP contribution in [0.3, 0.4) is 0 Å². The number of aryl methyl sites for hydroxylation is 1. The number of benzene rings is 1. The maximum atomic E-state index is 13.2. The number of allylic oxidation sites excluding steroid dienone is 2. The van der Waals surface area contributed by atoms with Crippen molar-refractivity contribution in [1.29, 1.82) is 0 Å². The number of likely N-dealkylation sites (N-methyl/N-ethyl adjacent to an activating group) is 2. The fourth-order valence-electron chi connectivity index (χ4n) is 2.70. The summed E-state index contributed by atoms with van der Waals surface area (Å²) in [5.74, 6) is -0.621. The maximum Gasteiger partial charge on any atom is 0.416 e. The van der Waals surface area contributed by atoms with E-state index in [-0.39, 0.29) is 16.3 Å². The van der Waals surface area contributed by atoms with Crippen LogP contribution in [0.25, 0.3) is 0 Å². The van der Waals surface area contributed by atoms with E-state index >= 15 is 0 Å². The molecule has 1 aromatic rings. The standard InChI is InChI=1S/C17H19ClF3N3O4S/c1-10-5-6-12(8-13(10)17(19,20)21)29(26,27)22-14-7-11(18)9-23(2)15(14)16(25)24(3)28-4/h5-9,15,22H,1-4H3. The average Bonchev–Trinajstić information content (AvgIpc) is 2.58. The van der Waals surface area contributed by atoms with Crippen LogP contribution in [0.15, 0.2) is 46.1 Å². The lowest BCUT2D eigenvalue weighted by molar-refractivity contribution is -0.172. The number of carbonyl (C=O) groups excluding carboxylic acids is 1. The van der Waals surface area contributed by atoms with Gasteiger partial charge in [-0.2, -0.15) is 13.2 Å². The summed E-state index contributed by atoms with van der Waals surface area (Å²) < 4.78 is 67.1. The van der Waals surface area contributed by atoms with Crippen LogP contribution in [-0.2, 0) is 25.8 Å². The summed E-state index contributed by atoms with van der Waals surface area (Å²) in [5.41, 5.74) is -1.32. The van der Waals surface area contributed by atoms with Gasteiger partial charge in [0.1, 0.15) is 0 Å². The normalized spacial score (nSPS) is 17.5. The summed E-state index contributed by atoms with van der Waals surface area (Å²) in [7, 11) is -0.375. The first-order valence-corrected chi connectivity index (χ1v) is 9.97. The lowest BCUT2D eigenvalue weighted by Gasteiger charge is -2.33. The fraction of sp³-hybridized carbons (Fsp3) is 0.353. The van der Waals surface area contributed by atoms with E-state index in [0.29, 0.717) is 6.07 Å². The molecular formula is C17H19ClF3N3O4S. The largest absolute Gasteiger partial charge is 0.416 e. The van der Waals surface area contributed by atoms with Crippen LogP contribution in [0.4, 0.5) is 13.2 Å². The highest BCUT2D eigenvalue weighted by molar-refractivity contribution is 7.89. The molecule has 1 atom stereocenters. The smallest absolute Gasteiger partial charge is 0.363 e. The predicted molar refractivity (Wildman–Crippen MR) is 99.9 cm³/mol. The van der Waals surface area contributed by atoms with E-state index in [1.54, 1.807) is 0 Å². The van der Waals surface area contributed by atoms with Gasteiger partial charge in [-0.1, -0.05) is 17.7 Å². The molecule has 0 fully saturated rings. The Balaban J connectivity index is 2.46. The van der Waals surface area contributed by atoms with Crippen LogP contribution in [-0.4, -0.2) is 51.5 Å². The van der Waals surface area contributed by atoms with Gasteiger partial charge in [0, 0.05) is 20.3 Å². The van der Waals surface area contributed by atoms with Crippen LogP contribution < -0.4 is 4.72 Å². The SMILES string of the molecule is CON(C)C(=O)C1C(NS(=O)(=O)c2ccc(C)c(C(F)(F)F)c2)=CC(Cl)=CN1C. The second-order valence-corrected chi connectivity index (χ2v) is 8.40. The Bertz CT molecular complexity index is 977. The number of rotatable bonds is 5. The highest BCUT2D eigenvalue weighted by Gasteiger charge is 2.36. The zero-order chi connectivity index (χ0) is 22.1. The number of hydroxylamine groups is 2. The third kappa shape index (κ3) is 5.03. The van der Waals surface area contributed by atoms with E-state index in [2.05, 4.69) is 4.72 Å². The Morgan fingerprint density at radius 1 is 1.34 bits per heavy atom. The zero-order valence-corrected chi connectivity index (χ0v) is 17.5. The second-order valence-electron chi connectivity index (χ2n) is 6.28. The van der Waals surface area contributed by atoms with Crippen LogP contribution in [0.2, 0.25) is 0 Å². The molecule has 1 aliphatic rings. The lowest BCUT2D eigenvalue weighted by atomic mass is 10.1. The molecule has 0 radical (unpaired) electrons. The Labute approximate surface area is 171 Å². The van der Waals surface area contributed by atoms with Gasteiger partial charge in [0.05, 0.1) is 28.3 Å². The Kier molecular flexibility index (Phi) is 6.55. The summed E-state index contributed by atoms with van der Waals surface area (Å²) in [6.07, 6.45) is -2.10. The van der Waals surface area contributed by atoms with Gasteiger partial charge in [-0.3, -0.25) is 14.4 Å². The van der Waals surface area contributed by atoms with E-state index in [0.717, 1.165) is 17.2 Å². The molecule has 0 saturated heterocycles. The minimum atomic E-state index is -4.72. The van der Waals surface area contributed by atoms with Crippen molar-refractivity contribution >= 4 is 27.5 Å². The van der Waals surface area contributed by atoms with E-state index in [1.165, 1.54) is 45.3 Å². The van der Waals surface area contributed by atoms with Crippen LogP contribution in [0.1, 0.15) is 11.1 Å². The van der Waals surface area contributed by atoms with Gasteiger partial charge in [-0.05, 0) is 30.7 Å². The van der Waals surface area contributed by atoms with Crippen LogP contribution >= 0.6 is 11.6 Å². The summed E-state index contributed by atoms with van der Waals surface area (Å²) in [5, 5.41) is 1.01. The van der Waals surface area contributed by atoms with Gasteiger partial charge in [-0.15, -0.1) is 0 Å². The van der Waals surface area contributed by atoms with Crippen LogP contribution in [0.5, 0.6) is 0 Å². The number of hydrogen-bond acceptors (Lipinski definition) is 5. The summed E-state index contributed by atoms with van der Waals surface area (Å²) in [6.45, 7) is 1.23. The molecule has 1 unspecified atom stereocenters. The van der Waals surface area contributed by atoms with Gasteiger partial charge in [-0.25, -0.2) is 13.5 Å². The van der Waals surface area contributed by atoms with Crippen molar-refractivity contribution in [3.8, 4) is 0 Å². The molecular weight excluding hydrogens is 435 g/mol. The number of amides is 1. The van der Waals surface area contributed by atoms with Gasteiger partial charge in [0.2, 0.25) is 0 Å². The van der Waals surface area contributed by atoms with E-state index < -0.39 is 38.6 Å². The third-order valence-corrected chi connectivity index (χ3v) is 5.80. The molecule has 29 heavy (non-hydrogen) atoms. The lowest BCUT2D eigenvalue weighted by Crippen LogP contribution is -2.49. The highest BCUT2D eigenvalue weighted by atomic mass is 35.5. The molecule has 2 rings (SSSR count). The second kappa shape index (κ2) is 8.25. The number of alkyl halides is 3. The van der Waals surface area contributed by atoms with Gasteiger partial charge < -0.3 is 4.90 Å². The molecule has 7 nitrogen and oxygen atoms in total. The summed E-state index contributed by atoms with van der Waals surface area (Å²) in [4.78, 5) is 18.2. The summed E-state index contributed by atoms with van der Waals surface area (Å²) in [6, 6.07) is 1.51. The Morgan fingerprint density at radius 2 is 1.97 bits per heavy atom. The summed E-state index contributed by atoms with van der Waals surface area (Å²) >= 11 is 5.97. The van der Waals surface area contributed by atoms with Crippen molar-refractivity contribution < 1.29 is 31.2 Å². The van der Waals surface area contributed by atoms with Crippen molar-refractivity contribution in [2.75, 3.05) is 21.2 Å². The van der Waals surface area contributed by atoms with Crippen LogP contribution in [0, 0.1) is 6.92 Å². The molecule has 1 N–H and O–H groups in total. The number of carbonyl (C=O) groups is 1. The third-order valence-electron chi connectivity index (χ3n) is 4.22. The monoisotopic (exact) mass is 453 g/mol. The molecule has 0 spiro atoms. The predicted octanol–water partition coefficient (Wildman–Crippen LogP) is 2.59. The van der Waals surface area contributed by atoms with E-state index in [4.69, 9.17) is 16.4 Å². The van der Waals surface area contributed by atoms with E-state index in [9.17, 15) is 26.4 Å². The quantitative estimate of drug-likeness (QED) is 0.693. The Morgan fingerprint density at radius 3 is 2.52 bits per heavy atom. The van der Waals surface area contributed by atoms with Gasteiger partial charge in [0.25, 0.3) is 15.9 Å². The molecule has 12 heteroatoms. The Hall–Kier alpha value is -2.24. The fourth-order valence-corrected chi connectivity index (χ4v) is 4.09. The van der Waals surface area contributed by atoms with E-state index in [1.807, 2.05) is 0 Å². The van der Waals surface area contributed by atoms with Crippen molar-refractivity contribution in [3.63, 3.8) is 0 Å². The topological polar surface area (TPSA) is 79.0 Å². The first-order chi connectivity index (χ1) is 13.3. The molecule has 0 aromatic heterocycles. The first-order valence-electron chi connectivity index (χ1n) is 8.11. The molecule has 1 amide bonds. The molecule has 1 aliphatic heterocycles. The highest BCUT2D eigenvalue weighted by Crippen LogP contribution is 2.33. The van der Waals surface area contributed by atoms with Gasteiger partial charge >= 0.3 is 6.18 Å². The van der Waals surface area contributed by atoms with Crippen molar-refractivity contribution in [2.24, 2.45) is 0 Å². The minimum absolute atomic E-state index is 0.117. The minimum Gasteiger partial charge on any atom is -0.363 e. The zero-order valence-electron chi connectivity index (χ0n) is 15.9. The molecule has 0 bridgehead atoms. The average molecular weight is 454 g/mol. The first kappa shape index (κ1) is 23.0. The van der Waals surface area contributed by atoms with Crippen molar-refractivity contribution in [1.82, 2.24) is 14.7 Å². The number of nitrogens with zero attached hydrogens (tertiary/aromatic N) is 2. The number of sulfonamides is 1. The molecule has 1 heterocycles. The van der Waals surface area contributed by atoms with Crippen molar-refractivity contribution in [2.45, 2.75) is 24.0 Å². The number of hydrogen-bond donors (Lipinski definition) is 1. The molecule has 160 valence electrons. The number of nitrogens with one attached hydrogen (secondary N) is 1. The maximum absolute atomic E-state index is 13.2. The molecule has 1 aromatic carbocycles. The molecule has 0 saturated carbocycles. The van der Waals surface area contributed by atoms with Gasteiger partial charge in [0.15, 0.2) is 6.04 Å².